The molecule has 148 valence electrons. The number of carbonyl (C=O) groups excluding carboxylic acids is 1. The van der Waals surface area contributed by atoms with Crippen molar-refractivity contribution in [2.75, 3.05) is 0 Å². The smallest absolute Gasteiger partial charge is 0.267 e. The van der Waals surface area contributed by atoms with Crippen molar-refractivity contribution in [1.82, 2.24) is 15.2 Å². The van der Waals surface area contributed by atoms with Gasteiger partial charge < -0.3 is 0 Å². The summed E-state index contributed by atoms with van der Waals surface area (Å²) in [4.78, 5) is 22.6. The van der Waals surface area contributed by atoms with Crippen LogP contribution in [-0.2, 0) is 6.54 Å². The maximum absolute atomic E-state index is 12.3. The Kier molecular flexibility index (Phi) is 5.82. The van der Waals surface area contributed by atoms with E-state index in [4.69, 9.17) is 0 Å². The summed E-state index contributed by atoms with van der Waals surface area (Å²) in [5.74, 6) is -0.330. The number of nitrogens with one attached hydrogen (secondary N) is 1. The van der Waals surface area contributed by atoms with Gasteiger partial charge in [-0.2, -0.15) is 10.2 Å². The van der Waals surface area contributed by atoms with Crippen molar-refractivity contribution in [2.24, 2.45) is 5.10 Å². The summed E-state index contributed by atoms with van der Waals surface area (Å²) in [6.07, 6.45) is 0. The summed E-state index contributed by atoms with van der Waals surface area (Å²) in [6, 6.07) is 15.3. The van der Waals surface area contributed by atoms with Crippen molar-refractivity contribution in [2.45, 2.75) is 27.3 Å². The molecule has 29 heavy (non-hydrogen) atoms. The molecular formula is C21H21N5O3. The molecule has 1 heterocycles. The van der Waals surface area contributed by atoms with Gasteiger partial charge in [0.2, 0.25) is 0 Å². The van der Waals surface area contributed by atoms with Crippen LogP contribution in [0.3, 0.4) is 0 Å². The van der Waals surface area contributed by atoms with Crippen molar-refractivity contribution < 1.29 is 9.72 Å². The van der Waals surface area contributed by atoms with Crippen molar-refractivity contribution in [3.05, 3.63) is 92.8 Å². The molecule has 0 bridgehead atoms. The first-order valence-corrected chi connectivity index (χ1v) is 9.03. The van der Waals surface area contributed by atoms with Gasteiger partial charge in [0, 0.05) is 23.4 Å². The molecule has 8 heteroatoms. The van der Waals surface area contributed by atoms with E-state index in [-0.39, 0.29) is 11.6 Å². The Balaban J connectivity index is 1.63. The second-order valence-corrected chi connectivity index (χ2v) is 6.72. The third kappa shape index (κ3) is 4.92. The first-order chi connectivity index (χ1) is 13.8. The van der Waals surface area contributed by atoms with Crippen LogP contribution in [0.25, 0.3) is 0 Å². The van der Waals surface area contributed by atoms with Gasteiger partial charge in [-0.05, 0) is 62.2 Å². The maximum atomic E-state index is 12.3. The highest BCUT2D eigenvalue weighted by Gasteiger charge is 2.08. The zero-order chi connectivity index (χ0) is 21.0. The molecule has 0 aliphatic carbocycles. The van der Waals surface area contributed by atoms with E-state index in [0.29, 0.717) is 23.4 Å². The van der Waals surface area contributed by atoms with E-state index in [2.05, 4.69) is 15.6 Å². The van der Waals surface area contributed by atoms with Gasteiger partial charge in [-0.25, -0.2) is 5.43 Å². The predicted octanol–water partition coefficient (Wildman–Crippen LogP) is 3.61. The van der Waals surface area contributed by atoms with Crippen LogP contribution in [0.5, 0.6) is 0 Å². The second-order valence-electron chi connectivity index (χ2n) is 6.72. The Labute approximate surface area is 168 Å². The van der Waals surface area contributed by atoms with Crippen LogP contribution in [-0.4, -0.2) is 26.3 Å². The van der Waals surface area contributed by atoms with Crippen LogP contribution in [0.2, 0.25) is 0 Å². The highest BCUT2D eigenvalue weighted by Crippen LogP contribution is 2.13. The monoisotopic (exact) mass is 391 g/mol. The van der Waals surface area contributed by atoms with Crippen LogP contribution in [0.1, 0.15) is 39.8 Å². The van der Waals surface area contributed by atoms with Crippen molar-refractivity contribution >= 4 is 17.3 Å². The number of hydrazone groups is 1. The van der Waals surface area contributed by atoms with Gasteiger partial charge in [-0.15, -0.1) is 0 Å². The van der Waals surface area contributed by atoms with E-state index in [0.717, 1.165) is 17.0 Å². The van der Waals surface area contributed by atoms with Crippen molar-refractivity contribution in [3.63, 3.8) is 0 Å². The zero-order valence-corrected chi connectivity index (χ0v) is 16.4. The summed E-state index contributed by atoms with van der Waals surface area (Å²) in [6.45, 7) is 6.32. The van der Waals surface area contributed by atoms with E-state index < -0.39 is 4.92 Å². The third-order valence-corrected chi connectivity index (χ3v) is 4.47. The lowest BCUT2D eigenvalue weighted by molar-refractivity contribution is -0.384. The molecule has 0 radical (unpaired) electrons. The largest absolute Gasteiger partial charge is 0.271 e. The minimum atomic E-state index is -0.462. The SMILES string of the molecule is CC(=NNC(=O)c1ccc(Cn2nc(C)cc2C)cc1)c1ccc([N+](=O)[O-])cc1. The molecule has 0 aliphatic rings. The fourth-order valence-corrected chi connectivity index (χ4v) is 2.86. The minimum Gasteiger partial charge on any atom is -0.267 e. The Morgan fingerprint density at radius 3 is 2.28 bits per heavy atom. The number of benzene rings is 2. The van der Waals surface area contributed by atoms with Crippen LogP contribution in [0.4, 0.5) is 5.69 Å². The number of nitro groups is 1. The molecule has 0 atom stereocenters. The molecule has 0 unspecified atom stereocenters. The maximum Gasteiger partial charge on any atom is 0.271 e. The molecule has 0 spiro atoms. The normalized spacial score (nSPS) is 11.3. The van der Waals surface area contributed by atoms with E-state index in [1.165, 1.54) is 12.1 Å². The van der Waals surface area contributed by atoms with Gasteiger partial charge in [-0.3, -0.25) is 19.6 Å². The topological polar surface area (TPSA) is 102 Å². The molecule has 0 saturated heterocycles. The van der Waals surface area contributed by atoms with Crippen molar-refractivity contribution in [3.8, 4) is 0 Å². The first-order valence-electron chi connectivity index (χ1n) is 9.03. The number of amides is 1. The van der Waals surface area contributed by atoms with Gasteiger partial charge in [0.25, 0.3) is 11.6 Å². The van der Waals surface area contributed by atoms with Gasteiger partial charge >= 0.3 is 0 Å². The Bertz CT molecular complexity index is 1070. The lowest BCUT2D eigenvalue weighted by Gasteiger charge is -2.06. The van der Waals surface area contributed by atoms with Gasteiger partial charge in [0.1, 0.15) is 0 Å². The average molecular weight is 391 g/mol. The summed E-state index contributed by atoms with van der Waals surface area (Å²) >= 11 is 0. The summed E-state index contributed by atoms with van der Waals surface area (Å²) in [5.41, 5.74) is 7.34. The van der Waals surface area contributed by atoms with E-state index in [9.17, 15) is 14.9 Å². The Morgan fingerprint density at radius 1 is 1.10 bits per heavy atom. The fraction of sp³-hybridized carbons (Fsp3) is 0.190. The number of non-ortho nitro benzene ring substituents is 1. The molecule has 0 aliphatic heterocycles. The highest BCUT2D eigenvalue weighted by molar-refractivity contribution is 6.01. The lowest BCUT2D eigenvalue weighted by atomic mass is 10.1. The molecule has 8 nitrogen and oxygen atoms in total. The average Bonchev–Trinajstić information content (AvgIpc) is 3.03. The summed E-state index contributed by atoms with van der Waals surface area (Å²) < 4.78 is 1.92. The van der Waals surface area contributed by atoms with Gasteiger partial charge in [0.15, 0.2) is 0 Å². The van der Waals surface area contributed by atoms with E-state index >= 15 is 0 Å². The van der Waals surface area contributed by atoms with Gasteiger partial charge in [0.05, 0.1) is 22.9 Å². The molecule has 1 aromatic heterocycles. The Hall–Kier alpha value is -3.81. The van der Waals surface area contributed by atoms with Crippen LogP contribution in [0, 0.1) is 24.0 Å². The first kappa shape index (κ1) is 19.9. The molecule has 1 amide bonds. The lowest BCUT2D eigenvalue weighted by Crippen LogP contribution is -2.19. The quantitative estimate of drug-likeness (QED) is 0.394. The molecule has 3 rings (SSSR count). The van der Waals surface area contributed by atoms with Crippen LogP contribution in [0.15, 0.2) is 59.7 Å². The number of hydrogen-bond acceptors (Lipinski definition) is 5. The van der Waals surface area contributed by atoms with Gasteiger partial charge in [-0.1, -0.05) is 12.1 Å². The van der Waals surface area contributed by atoms with E-state index in [1.54, 1.807) is 31.2 Å². The molecule has 2 aromatic carbocycles. The van der Waals surface area contributed by atoms with E-state index in [1.807, 2.05) is 36.7 Å². The highest BCUT2D eigenvalue weighted by atomic mass is 16.6. The van der Waals surface area contributed by atoms with Crippen molar-refractivity contribution in [1.29, 1.82) is 0 Å². The number of aromatic nitrogens is 2. The second kappa shape index (κ2) is 8.47. The molecule has 1 N–H and O–H groups in total. The third-order valence-electron chi connectivity index (χ3n) is 4.47. The number of rotatable bonds is 6. The van der Waals surface area contributed by atoms with Crippen LogP contribution >= 0.6 is 0 Å². The molecule has 0 fully saturated rings. The summed E-state index contributed by atoms with van der Waals surface area (Å²) in [7, 11) is 0. The standard InChI is InChI=1S/C21H21N5O3/c1-14-12-15(2)25(24-14)13-17-4-6-19(7-5-17)21(27)23-22-16(3)18-8-10-20(11-9-18)26(28)29/h4-12H,13H2,1-3H3,(H,23,27). The fourth-order valence-electron chi connectivity index (χ4n) is 2.86. The number of carbonyl (C=O) groups is 1. The number of hydrogen-bond donors (Lipinski definition) is 1. The number of nitro benzene ring substituents is 1. The summed E-state index contributed by atoms with van der Waals surface area (Å²) in [5, 5.41) is 19.2. The number of aryl methyl sites for hydroxylation is 2. The molecule has 0 saturated carbocycles. The zero-order valence-electron chi connectivity index (χ0n) is 16.4. The Morgan fingerprint density at radius 2 is 1.72 bits per heavy atom. The minimum absolute atomic E-state index is 0.00569. The predicted molar refractivity (Wildman–Crippen MR) is 110 cm³/mol. The van der Waals surface area contributed by atoms with Crippen LogP contribution < -0.4 is 5.43 Å². The number of nitrogens with zero attached hydrogens (tertiary/aromatic N) is 4. The molecule has 3 aromatic rings. The molecular weight excluding hydrogens is 370 g/mol.